The van der Waals surface area contributed by atoms with Crippen LogP contribution in [0.3, 0.4) is 0 Å². The van der Waals surface area contributed by atoms with E-state index in [1.165, 1.54) is 44.3 Å². The van der Waals surface area contributed by atoms with Gasteiger partial charge in [-0.1, -0.05) is 135 Å². The molecule has 1 atom stereocenters. The lowest BCUT2D eigenvalue weighted by atomic mass is 9.75. The summed E-state index contributed by atoms with van der Waals surface area (Å²) in [7, 11) is 0. The van der Waals surface area contributed by atoms with Gasteiger partial charge in [-0.25, -0.2) is 0 Å². The zero-order valence-corrected chi connectivity index (χ0v) is 29.9. The molecule has 1 unspecified atom stereocenters. The van der Waals surface area contributed by atoms with Gasteiger partial charge in [-0.15, -0.1) is 0 Å². The highest BCUT2D eigenvalue weighted by molar-refractivity contribution is 6.22. The predicted molar refractivity (Wildman–Crippen MR) is 229 cm³/mol. The normalized spacial score (nSPS) is 16.3. The van der Waals surface area contributed by atoms with E-state index in [2.05, 4.69) is 128 Å². The third kappa shape index (κ3) is 4.53. The summed E-state index contributed by atoms with van der Waals surface area (Å²) in [5.41, 5.74) is 16.8. The van der Waals surface area contributed by atoms with Gasteiger partial charge in [0.05, 0.1) is 5.56 Å². The molecule has 0 spiro atoms. The molecule has 2 heteroatoms. The molecule has 0 bridgehead atoms. The lowest BCUT2D eigenvalue weighted by Crippen LogP contribution is -2.10. The fourth-order valence-electron chi connectivity index (χ4n) is 9.29. The highest BCUT2D eigenvalue weighted by atomic mass is 16.3. The van der Waals surface area contributed by atoms with Crippen molar-refractivity contribution in [3.63, 3.8) is 0 Å². The second-order valence-corrected chi connectivity index (χ2v) is 14.7. The van der Waals surface area contributed by atoms with Gasteiger partial charge in [0.1, 0.15) is 22.3 Å². The molecule has 8 aromatic rings. The number of furan rings is 2. The van der Waals surface area contributed by atoms with Gasteiger partial charge in [-0.05, 0) is 116 Å². The van der Waals surface area contributed by atoms with Gasteiger partial charge in [0.25, 0.3) is 0 Å². The van der Waals surface area contributed by atoms with Crippen molar-refractivity contribution in [2.75, 3.05) is 0 Å². The molecule has 0 aliphatic heterocycles. The van der Waals surface area contributed by atoms with Gasteiger partial charge in [-0.3, -0.25) is 0 Å². The Morgan fingerprint density at radius 1 is 0.630 bits per heavy atom. The van der Waals surface area contributed by atoms with Crippen molar-refractivity contribution < 1.29 is 8.83 Å². The smallest absolute Gasteiger partial charge is 0.147 e. The van der Waals surface area contributed by atoms with Crippen LogP contribution < -0.4 is 0 Å². The minimum Gasteiger partial charge on any atom is -0.455 e. The Kier molecular flexibility index (Phi) is 6.84. The number of allylic oxidation sites excluding steroid dienone is 9. The second-order valence-electron chi connectivity index (χ2n) is 14.7. The third-order valence-corrected chi connectivity index (χ3v) is 11.8. The summed E-state index contributed by atoms with van der Waals surface area (Å²) < 4.78 is 13.2. The Hall–Kier alpha value is -6.64. The summed E-state index contributed by atoms with van der Waals surface area (Å²) >= 11 is 0. The van der Waals surface area contributed by atoms with Crippen molar-refractivity contribution in [3.8, 4) is 22.3 Å². The van der Waals surface area contributed by atoms with Crippen molar-refractivity contribution in [3.05, 3.63) is 180 Å². The van der Waals surface area contributed by atoms with Gasteiger partial charge in [0.15, 0.2) is 0 Å². The van der Waals surface area contributed by atoms with E-state index in [1.807, 2.05) is 36.4 Å². The Bertz CT molecular complexity index is 3020. The molecule has 0 saturated heterocycles. The highest BCUT2D eigenvalue weighted by Crippen LogP contribution is 2.47. The molecule has 3 aliphatic rings. The molecule has 256 valence electrons. The van der Waals surface area contributed by atoms with Crippen molar-refractivity contribution in [1.29, 1.82) is 0 Å². The van der Waals surface area contributed by atoms with Crippen molar-refractivity contribution in [1.82, 2.24) is 0 Å². The molecule has 0 saturated carbocycles. The molecule has 0 amide bonds. The summed E-state index contributed by atoms with van der Waals surface area (Å²) in [6.07, 6.45) is 25.4. The molecule has 54 heavy (non-hydrogen) atoms. The molecule has 2 heterocycles. The van der Waals surface area contributed by atoms with Crippen LogP contribution in [0.25, 0.3) is 101 Å². The number of benzene rings is 6. The first kappa shape index (κ1) is 30.9. The maximum Gasteiger partial charge on any atom is 0.147 e. The number of rotatable bonds is 5. The molecular weight excluding hydrogens is 657 g/mol. The molecule has 11 rings (SSSR count). The van der Waals surface area contributed by atoms with Crippen LogP contribution in [-0.2, 0) is 6.42 Å². The van der Waals surface area contributed by atoms with E-state index in [-0.39, 0.29) is 0 Å². The van der Waals surface area contributed by atoms with Crippen LogP contribution in [0.2, 0.25) is 0 Å². The average molecular weight is 693 g/mol. The Morgan fingerprint density at radius 3 is 1.96 bits per heavy atom. The SMILES string of the molecule is C=Cc1c(C=C)c(-c2ccc3cc(-c4c5oc6ccccc6c5cc5c4oc4ccccc45)ccc3c2)c2c(c1C1=CCC3C=CC=CC3=C1)C=CCC2. The summed E-state index contributed by atoms with van der Waals surface area (Å²) in [5.74, 6) is 0.449. The van der Waals surface area contributed by atoms with Crippen LogP contribution in [0.1, 0.15) is 40.7 Å². The number of hydrogen-bond acceptors (Lipinski definition) is 2. The molecule has 0 radical (unpaired) electrons. The second kappa shape index (κ2) is 11.9. The Balaban J connectivity index is 1.09. The van der Waals surface area contributed by atoms with Crippen LogP contribution in [0.5, 0.6) is 0 Å². The lowest BCUT2D eigenvalue weighted by Gasteiger charge is -2.28. The molecule has 3 aliphatic carbocycles. The summed E-state index contributed by atoms with van der Waals surface area (Å²) in [6, 6.07) is 32.4. The topological polar surface area (TPSA) is 26.3 Å². The van der Waals surface area contributed by atoms with E-state index in [0.717, 1.165) is 90.8 Å². The quantitative estimate of drug-likeness (QED) is 0.179. The van der Waals surface area contributed by atoms with E-state index in [4.69, 9.17) is 8.83 Å². The number of para-hydroxylation sites is 2. The maximum atomic E-state index is 6.61. The van der Waals surface area contributed by atoms with E-state index >= 15 is 0 Å². The van der Waals surface area contributed by atoms with Gasteiger partial charge >= 0.3 is 0 Å². The third-order valence-electron chi connectivity index (χ3n) is 11.8. The largest absolute Gasteiger partial charge is 0.455 e. The lowest BCUT2D eigenvalue weighted by molar-refractivity contribution is 0.658. The highest BCUT2D eigenvalue weighted by Gasteiger charge is 2.26. The average Bonchev–Trinajstić information content (AvgIpc) is 3.79. The standard InChI is InChI=1S/C52H36O2/c1-3-38-39(4-2)49(43-18-8-7-17-42(43)48(38)35-24-21-31-13-5-6-14-32(31)27-35)36-25-22-34-29-37(26-23-33(34)28-36)50-51-44(40-15-9-11-19-46(40)53-51)30-45-41-16-10-12-20-47(41)54-52(45)50/h3-7,9-17,19-20,22-31H,1-2,8,18,21H2. The maximum absolute atomic E-state index is 6.61. The van der Waals surface area contributed by atoms with E-state index in [1.54, 1.807) is 0 Å². The summed E-state index contributed by atoms with van der Waals surface area (Å²) in [5, 5.41) is 6.74. The van der Waals surface area contributed by atoms with Gasteiger partial charge < -0.3 is 8.83 Å². The Labute approximate surface area is 313 Å². The van der Waals surface area contributed by atoms with Crippen LogP contribution in [0.15, 0.2) is 161 Å². The van der Waals surface area contributed by atoms with Crippen LogP contribution in [0.4, 0.5) is 0 Å². The predicted octanol–water partition coefficient (Wildman–Crippen LogP) is 14.7. The molecule has 2 aromatic heterocycles. The zero-order valence-electron chi connectivity index (χ0n) is 29.9. The number of fused-ring (bicyclic) bond motifs is 9. The Morgan fingerprint density at radius 2 is 1.28 bits per heavy atom. The molecular formula is C52H36O2. The molecule has 2 nitrogen and oxygen atoms in total. The fourth-order valence-corrected chi connectivity index (χ4v) is 9.29. The summed E-state index contributed by atoms with van der Waals surface area (Å²) in [4.78, 5) is 0. The summed E-state index contributed by atoms with van der Waals surface area (Å²) in [6.45, 7) is 8.74. The van der Waals surface area contributed by atoms with E-state index in [0.29, 0.717) is 5.92 Å². The molecule has 0 fully saturated rings. The number of hydrogen-bond donors (Lipinski definition) is 0. The first-order chi connectivity index (χ1) is 26.7. The van der Waals surface area contributed by atoms with E-state index in [9.17, 15) is 0 Å². The van der Waals surface area contributed by atoms with Gasteiger partial charge in [0.2, 0.25) is 0 Å². The fraction of sp³-hybridized carbons (Fsp3) is 0.0769. The van der Waals surface area contributed by atoms with Crippen molar-refractivity contribution in [2.24, 2.45) is 5.92 Å². The van der Waals surface area contributed by atoms with Crippen LogP contribution in [0, 0.1) is 5.92 Å². The van der Waals surface area contributed by atoms with Crippen LogP contribution >= 0.6 is 0 Å². The molecule has 6 aromatic carbocycles. The molecule has 0 N–H and O–H groups in total. The monoisotopic (exact) mass is 692 g/mol. The zero-order chi connectivity index (χ0) is 35.9. The minimum absolute atomic E-state index is 0.449. The first-order valence-corrected chi connectivity index (χ1v) is 18.9. The first-order valence-electron chi connectivity index (χ1n) is 18.9. The van der Waals surface area contributed by atoms with Crippen molar-refractivity contribution >= 4 is 78.5 Å². The minimum atomic E-state index is 0.449. The van der Waals surface area contributed by atoms with Crippen molar-refractivity contribution in [2.45, 2.75) is 19.3 Å². The van der Waals surface area contributed by atoms with Gasteiger partial charge in [0, 0.05) is 27.5 Å². The van der Waals surface area contributed by atoms with E-state index < -0.39 is 0 Å². The van der Waals surface area contributed by atoms with Gasteiger partial charge in [-0.2, -0.15) is 0 Å². The van der Waals surface area contributed by atoms with Crippen LogP contribution in [-0.4, -0.2) is 0 Å².